The summed E-state index contributed by atoms with van der Waals surface area (Å²) >= 11 is 0. The molecule has 0 saturated carbocycles. The summed E-state index contributed by atoms with van der Waals surface area (Å²) in [7, 11) is -3.53. The molecule has 90 valence electrons. The van der Waals surface area contributed by atoms with Gasteiger partial charge in [0.1, 0.15) is 0 Å². The van der Waals surface area contributed by atoms with Crippen LogP contribution in [0.5, 0.6) is 0 Å². The van der Waals surface area contributed by atoms with Gasteiger partial charge >= 0.3 is 0 Å². The summed E-state index contributed by atoms with van der Waals surface area (Å²) in [5.74, 6) is 0. The van der Waals surface area contributed by atoms with Gasteiger partial charge in [-0.2, -0.15) is 9.66 Å². The molecule has 4 nitrogen and oxygen atoms in total. The van der Waals surface area contributed by atoms with E-state index in [-0.39, 0.29) is 0 Å². The molecule has 1 aromatic carbocycles. The van der Waals surface area contributed by atoms with Gasteiger partial charge in [0.05, 0.1) is 16.4 Å². The largest absolute Gasteiger partial charge is 0.258 e. The molecule has 0 aliphatic rings. The van der Waals surface area contributed by atoms with E-state index >= 15 is 0 Å². The molecule has 0 heterocycles. The first-order valence-corrected chi connectivity index (χ1v) is 6.50. The number of nitriles is 1. The summed E-state index contributed by atoms with van der Waals surface area (Å²) < 4.78 is 26.1. The van der Waals surface area contributed by atoms with Gasteiger partial charge < -0.3 is 0 Å². The zero-order valence-corrected chi connectivity index (χ0v) is 10.8. The van der Waals surface area contributed by atoms with Gasteiger partial charge in [0.15, 0.2) is 0 Å². The van der Waals surface area contributed by atoms with Crippen molar-refractivity contribution in [2.45, 2.75) is 25.5 Å². The van der Waals surface area contributed by atoms with Crippen LogP contribution in [0.4, 0.5) is 0 Å². The zero-order valence-electron chi connectivity index (χ0n) is 10.0. The third-order valence-corrected chi connectivity index (χ3v) is 4.06. The van der Waals surface area contributed by atoms with Crippen molar-refractivity contribution in [1.29, 1.82) is 5.26 Å². The Hall–Kier alpha value is -1.67. The van der Waals surface area contributed by atoms with E-state index in [2.05, 4.69) is 4.40 Å². The molecule has 0 radical (unpaired) electrons. The Morgan fingerprint density at radius 1 is 1.35 bits per heavy atom. The monoisotopic (exact) mass is 250 g/mol. The third-order valence-electron chi connectivity index (χ3n) is 2.13. The first-order valence-electron chi connectivity index (χ1n) is 5.06. The topological polar surface area (TPSA) is 70.3 Å². The molecule has 0 bridgehead atoms. The zero-order chi connectivity index (χ0) is 13.1. The van der Waals surface area contributed by atoms with E-state index in [0.29, 0.717) is 11.1 Å². The van der Waals surface area contributed by atoms with Gasteiger partial charge in [0.2, 0.25) is 0 Å². The number of nitrogens with zero attached hydrogens (tertiary/aromatic N) is 2. The standard InChI is InChI=1S/C12H14N2O2S/c1-12(2,3)17(15,16)14-9-11-6-4-5-10(7-11)8-13/h4-7,9H,1-3H3/b14-9+. The average molecular weight is 250 g/mol. The summed E-state index contributed by atoms with van der Waals surface area (Å²) in [6, 6.07) is 8.60. The van der Waals surface area contributed by atoms with E-state index in [4.69, 9.17) is 5.26 Å². The van der Waals surface area contributed by atoms with Crippen LogP contribution in [-0.2, 0) is 10.0 Å². The number of hydrogen-bond donors (Lipinski definition) is 0. The van der Waals surface area contributed by atoms with E-state index in [9.17, 15) is 8.42 Å². The van der Waals surface area contributed by atoms with Crippen LogP contribution in [0.1, 0.15) is 31.9 Å². The fourth-order valence-corrected chi connectivity index (χ4v) is 1.55. The van der Waals surface area contributed by atoms with Crippen molar-refractivity contribution in [3.8, 4) is 6.07 Å². The maximum Gasteiger partial charge on any atom is 0.258 e. The highest BCUT2D eigenvalue weighted by Gasteiger charge is 2.27. The first kappa shape index (κ1) is 13.4. The lowest BCUT2D eigenvalue weighted by Crippen LogP contribution is -2.25. The van der Waals surface area contributed by atoms with Crippen LogP contribution in [0.3, 0.4) is 0 Å². The molecule has 0 N–H and O–H groups in total. The molecule has 0 fully saturated rings. The Labute approximate surface area is 102 Å². The minimum Gasteiger partial charge on any atom is -0.204 e. The Morgan fingerprint density at radius 3 is 2.53 bits per heavy atom. The maximum absolute atomic E-state index is 11.7. The van der Waals surface area contributed by atoms with E-state index < -0.39 is 14.8 Å². The van der Waals surface area contributed by atoms with Crippen LogP contribution < -0.4 is 0 Å². The molecule has 0 aliphatic carbocycles. The highest BCUT2D eigenvalue weighted by Crippen LogP contribution is 2.16. The lowest BCUT2D eigenvalue weighted by Gasteiger charge is -2.14. The van der Waals surface area contributed by atoms with Crippen LogP contribution in [0, 0.1) is 11.3 Å². The lowest BCUT2D eigenvalue weighted by atomic mass is 10.1. The fourth-order valence-electron chi connectivity index (χ4n) is 0.977. The minimum absolute atomic E-state index is 0.474. The van der Waals surface area contributed by atoms with Crippen LogP contribution in [-0.4, -0.2) is 19.4 Å². The van der Waals surface area contributed by atoms with Crippen molar-refractivity contribution in [3.05, 3.63) is 35.4 Å². The number of sulfonamides is 1. The van der Waals surface area contributed by atoms with E-state index in [1.165, 1.54) is 6.21 Å². The number of benzene rings is 1. The van der Waals surface area contributed by atoms with E-state index in [1.54, 1.807) is 45.0 Å². The predicted molar refractivity (Wildman–Crippen MR) is 67.4 cm³/mol. The van der Waals surface area contributed by atoms with Crippen molar-refractivity contribution in [2.75, 3.05) is 0 Å². The second kappa shape index (κ2) is 4.68. The second-order valence-corrected chi connectivity index (χ2v) is 6.94. The van der Waals surface area contributed by atoms with Gasteiger partial charge in [-0.1, -0.05) is 12.1 Å². The van der Waals surface area contributed by atoms with Crippen molar-refractivity contribution in [2.24, 2.45) is 4.40 Å². The first-order chi connectivity index (χ1) is 7.76. The predicted octanol–water partition coefficient (Wildman–Crippen LogP) is 2.11. The number of rotatable bonds is 2. The maximum atomic E-state index is 11.7. The van der Waals surface area contributed by atoms with Crippen LogP contribution >= 0.6 is 0 Å². The van der Waals surface area contributed by atoms with Gasteiger partial charge in [0.25, 0.3) is 10.0 Å². The Kier molecular flexibility index (Phi) is 3.69. The molecular formula is C12H14N2O2S. The SMILES string of the molecule is CC(C)(C)S(=O)(=O)/N=C/c1cccc(C#N)c1. The van der Waals surface area contributed by atoms with Gasteiger partial charge in [0, 0.05) is 6.21 Å². The lowest BCUT2D eigenvalue weighted by molar-refractivity contribution is 0.562. The quantitative estimate of drug-likeness (QED) is 0.755. The van der Waals surface area contributed by atoms with Crippen molar-refractivity contribution in [1.82, 2.24) is 0 Å². The van der Waals surface area contributed by atoms with Gasteiger partial charge in [-0.25, -0.2) is 8.42 Å². The smallest absolute Gasteiger partial charge is 0.204 e. The molecule has 0 atom stereocenters. The molecule has 0 saturated heterocycles. The Morgan fingerprint density at radius 2 is 2.00 bits per heavy atom. The Balaban J connectivity index is 3.04. The Bertz CT molecular complexity index is 575. The third kappa shape index (κ3) is 3.40. The molecule has 0 aromatic heterocycles. The highest BCUT2D eigenvalue weighted by molar-refractivity contribution is 7.91. The van der Waals surface area contributed by atoms with E-state index in [0.717, 1.165) is 0 Å². The molecular weight excluding hydrogens is 236 g/mol. The minimum atomic E-state index is -3.53. The molecule has 0 spiro atoms. The molecule has 0 amide bonds. The molecule has 0 aliphatic heterocycles. The summed E-state index contributed by atoms with van der Waals surface area (Å²) in [5, 5.41) is 8.71. The van der Waals surface area contributed by atoms with Gasteiger partial charge in [-0.3, -0.25) is 0 Å². The molecule has 0 unspecified atom stereocenters. The molecule has 17 heavy (non-hydrogen) atoms. The normalized spacial score (nSPS) is 12.6. The van der Waals surface area contributed by atoms with Crippen molar-refractivity contribution < 1.29 is 8.42 Å². The number of hydrogen-bond acceptors (Lipinski definition) is 3. The van der Waals surface area contributed by atoms with Crippen LogP contribution in [0.25, 0.3) is 0 Å². The molecule has 5 heteroatoms. The fraction of sp³-hybridized carbons (Fsp3) is 0.333. The second-order valence-electron chi connectivity index (χ2n) is 4.56. The van der Waals surface area contributed by atoms with Crippen LogP contribution in [0.2, 0.25) is 0 Å². The van der Waals surface area contributed by atoms with Crippen molar-refractivity contribution in [3.63, 3.8) is 0 Å². The summed E-state index contributed by atoms with van der Waals surface area (Å²) in [4.78, 5) is 0. The average Bonchev–Trinajstić information content (AvgIpc) is 2.25. The summed E-state index contributed by atoms with van der Waals surface area (Å²) in [6.45, 7) is 4.77. The molecule has 1 aromatic rings. The van der Waals surface area contributed by atoms with Gasteiger partial charge in [-0.15, -0.1) is 0 Å². The molecule has 1 rings (SSSR count). The van der Waals surface area contributed by atoms with Crippen LogP contribution in [0.15, 0.2) is 28.7 Å². The summed E-state index contributed by atoms with van der Waals surface area (Å²) in [5.41, 5.74) is 1.07. The van der Waals surface area contributed by atoms with Gasteiger partial charge in [-0.05, 0) is 38.5 Å². The summed E-state index contributed by atoms with van der Waals surface area (Å²) in [6.07, 6.45) is 1.27. The highest BCUT2D eigenvalue weighted by atomic mass is 32.2. The van der Waals surface area contributed by atoms with E-state index in [1.807, 2.05) is 6.07 Å². The van der Waals surface area contributed by atoms with Crippen molar-refractivity contribution >= 4 is 16.2 Å².